The van der Waals surface area contributed by atoms with Crippen LogP contribution in [0.15, 0.2) is 77.1 Å². The van der Waals surface area contributed by atoms with E-state index in [1.165, 1.54) is 0 Å². The molecule has 1 saturated heterocycles. The second kappa shape index (κ2) is 14.1. The predicted molar refractivity (Wildman–Crippen MR) is 162 cm³/mol. The molecule has 4 aromatic rings. The molecule has 3 N–H and O–H groups in total. The number of nitrogens with zero attached hydrogens (tertiary/aromatic N) is 2. The fraction of sp³-hybridized carbons (Fsp3) is 0.323. The predicted octanol–water partition coefficient (Wildman–Crippen LogP) is 6.16. The van der Waals surface area contributed by atoms with Crippen LogP contribution in [0, 0.1) is 6.92 Å². The van der Waals surface area contributed by atoms with Crippen LogP contribution < -0.4 is 10.6 Å². The zero-order chi connectivity index (χ0) is 28.6. The Balaban J connectivity index is 1.35. The Hall–Kier alpha value is -3.28. The number of aromatic nitrogens is 2. The van der Waals surface area contributed by atoms with E-state index >= 15 is 0 Å². The van der Waals surface area contributed by atoms with E-state index < -0.39 is 6.29 Å². The van der Waals surface area contributed by atoms with Crippen molar-refractivity contribution in [2.45, 2.75) is 56.3 Å². The summed E-state index contributed by atoms with van der Waals surface area (Å²) in [6, 6.07) is 24.1. The molecule has 1 aliphatic rings. The van der Waals surface area contributed by atoms with E-state index in [1.54, 1.807) is 23.1 Å². The molecule has 0 aliphatic carbocycles. The van der Waals surface area contributed by atoms with Crippen molar-refractivity contribution in [1.29, 1.82) is 0 Å². The van der Waals surface area contributed by atoms with Crippen LogP contribution in [0.3, 0.4) is 0 Å². The lowest BCUT2D eigenvalue weighted by molar-refractivity contribution is -0.245. The zero-order valence-electron chi connectivity index (χ0n) is 23.1. The molecule has 0 saturated carbocycles. The Bertz CT molecular complexity index is 1450. The van der Waals surface area contributed by atoms with Crippen LogP contribution in [0.5, 0.6) is 0 Å². The minimum Gasteiger partial charge on any atom is -0.392 e. The van der Waals surface area contributed by atoms with Gasteiger partial charge in [0.15, 0.2) is 10.6 Å². The number of amides is 2. The highest BCUT2D eigenvalue weighted by Gasteiger charge is 2.32. The molecule has 3 aromatic carbocycles. The fourth-order valence-corrected chi connectivity index (χ4v) is 6.51. The highest BCUT2D eigenvalue weighted by atomic mass is 32.2. The maximum absolute atomic E-state index is 11.8. The van der Waals surface area contributed by atoms with Crippen LogP contribution in [0.4, 0.5) is 4.79 Å². The van der Waals surface area contributed by atoms with Crippen molar-refractivity contribution in [3.8, 4) is 11.1 Å². The molecule has 1 aliphatic heterocycles. The second-order valence-corrected chi connectivity index (χ2v) is 12.2. The molecule has 1 aromatic heterocycles. The van der Waals surface area contributed by atoms with Gasteiger partial charge >= 0.3 is 6.03 Å². The number of benzene rings is 3. The summed E-state index contributed by atoms with van der Waals surface area (Å²) >= 11 is 3.24. The number of urea groups is 1. The second-order valence-electron chi connectivity index (χ2n) is 9.79. The number of carbonyl (C=O) groups is 1. The summed E-state index contributed by atoms with van der Waals surface area (Å²) in [7, 11) is 0. The average molecular weight is 591 g/mol. The third-order valence-corrected chi connectivity index (χ3v) is 8.83. The van der Waals surface area contributed by atoms with E-state index in [9.17, 15) is 9.90 Å². The maximum atomic E-state index is 11.8. The van der Waals surface area contributed by atoms with Gasteiger partial charge in [-0.15, -0.1) is 10.2 Å². The number of aliphatic hydroxyl groups is 1. The third kappa shape index (κ3) is 7.93. The van der Waals surface area contributed by atoms with Crippen molar-refractivity contribution in [3.05, 3.63) is 100 Å². The fourth-order valence-electron chi connectivity index (χ4n) is 4.65. The van der Waals surface area contributed by atoms with Gasteiger partial charge < -0.3 is 25.2 Å². The molecular weight excluding hydrogens is 556 g/mol. The van der Waals surface area contributed by atoms with Gasteiger partial charge in [0.05, 0.1) is 18.8 Å². The number of aliphatic hydroxyl groups excluding tert-OH is 1. The first kappa shape index (κ1) is 29.2. The maximum Gasteiger partial charge on any atom is 0.315 e. The normalized spacial score (nSPS) is 18.7. The molecule has 2 amide bonds. The first-order valence-corrected chi connectivity index (χ1v) is 15.5. The Morgan fingerprint density at radius 3 is 2.49 bits per heavy atom. The van der Waals surface area contributed by atoms with Gasteiger partial charge in [-0.05, 0) is 53.8 Å². The zero-order valence-corrected chi connectivity index (χ0v) is 24.7. The van der Waals surface area contributed by atoms with Crippen LogP contribution in [0.25, 0.3) is 11.1 Å². The van der Waals surface area contributed by atoms with E-state index in [0.717, 1.165) is 48.5 Å². The van der Waals surface area contributed by atoms with E-state index in [-0.39, 0.29) is 24.8 Å². The van der Waals surface area contributed by atoms with E-state index in [2.05, 4.69) is 45.1 Å². The molecule has 10 heteroatoms. The molecular formula is C31H34N4O4S2. The van der Waals surface area contributed by atoms with E-state index in [4.69, 9.17) is 9.47 Å². The Morgan fingerprint density at radius 2 is 1.76 bits per heavy atom. The highest BCUT2D eigenvalue weighted by Crippen LogP contribution is 2.40. The lowest BCUT2D eigenvalue weighted by atomic mass is 9.99. The van der Waals surface area contributed by atoms with Crippen molar-refractivity contribution in [3.63, 3.8) is 0 Å². The minimum absolute atomic E-state index is 0.00800. The molecule has 0 spiro atoms. The van der Waals surface area contributed by atoms with Crippen molar-refractivity contribution >= 4 is 29.1 Å². The summed E-state index contributed by atoms with van der Waals surface area (Å²) in [5.41, 5.74) is 5.96. The largest absolute Gasteiger partial charge is 0.392 e. The van der Waals surface area contributed by atoms with Gasteiger partial charge in [0.25, 0.3) is 0 Å². The van der Waals surface area contributed by atoms with Gasteiger partial charge in [0.2, 0.25) is 0 Å². The summed E-state index contributed by atoms with van der Waals surface area (Å²) < 4.78 is 14.0. The SMILES string of the molecule is CCNC(=O)NCc1cccc(-c2cccc(C3OC(CSc4nnc(C)s4)CC(c4ccc(CO)cc4)O3)c2)c1. The summed E-state index contributed by atoms with van der Waals surface area (Å²) in [5, 5.41) is 24.4. The summed E-state index contributed by atoms with van der Waals surface area (Å²) in [4.78, 5) is 11.8. The van der Waals surface area contributed by atoms with Crippen molar-refractivity contribution < 1.29 is 19.4 Å². The molecule has 0 bridgehead atoms. The number of hydrogen-bond donors (Lipinski definition) is 3. The number of rotatable bonds is 10. The number of nitrogens with one attached hydrogen (secondary N) is 2. The minimum atomic E-state index is -0.546. The van der Waals surface area contributed by atoms with Crippen molar-refractivity contribution in [2.75, 3.05) is 12.3 Å². The number of thioether (sulfide) groups is 1. The monoisotopic (exact) mass is 590 g/mol. The summed E-state index contributed by atoms with van der Waals surface area (Å²) in [6.07, 6.45) is -0.0518. The first-order chi connectivity index (χ1) is 20.0. The van der Waals surface area contributed by atoms with Gasteiger partial charge in [-0.2, -0.15) is 0 Å². The Labute approximate surface area is 248 Å². The number of aryl methyl sites for hydroxylation is 1. The lowest BCUT2D eigenvalue weighted by Crippen LogP contribution is -2.34. The number of ether oxygens (including phenoxy) is 2. The van der Waals surface area contributed by atoms with E-state index in [0.29, 0.717) is 19.5 Å². The summed E-state index contributed by atoms with van der Waals surface area (Å²) in [6.45, 7) is 4.88. The third-order valence-electron chi connectivity index (χ3n) is 6.72. The van der Waals surface area contributed by atoms with Crippen molar-refractivity contribution in [2.24, 2.45) is 0 Å². The van der Waals surface area contributed by atoms with E-state index in [1.807, 2.05) is 62.4 Å². The average Bonchev–Trinajstić information content (AvgIpc) is 3.44. The van der Waals surface area contributed by atoms with Gasteiger partial charge in [-0.3, -0.25) is 0 Å². The van der Waals surface area contributed by atoms with Crippen LogP contribution in [-0.4, -0.2) is 39.7 Å². The quantitative estimate of drug-likeness (QED) is 0.190. The topological polar surface area (TPSA) is 106 Å². The number of hydrogen-bond acceptors (Lipinski definition) is 8. The molecule has 0 radical (unpaired) electrons. The molecule has 8 nitrogen and oxygen atoms in total. The van der Waals surface area contributed by atoms with Gasteiger partial charge in [-0.1, -0.05) is 83.8 Å². The van der Waals surface area contributed by atoms with Crippen LogP contribution in [-0.2, 0) is 22.6 Å². The highest BCUT2D eigenvalue weighted by molar-refractivity contribution is 8.01. The molecule has 3 atom stereocenters. The summed E-state index contributed by atoms with van der Waals surface area (Å²) in [5.74, 6) is 0.736. The molecule has 5 rings (SSSR count). The Morgan fingerprint density at radius 1 is 0.976 bits per heavy atom. The molecule has 41 heavy (non-hydrogen) atoms. The van der Waals surface area contributed by atoms with Crippen LogP contribution >= 0.6 is 23.1 Å². The van der Waals surface area contributed by atoms with Crippen molar-refractivity contribution in [1.82, 2.24) is 20.8 Å². The van der Waals surface area contributed by atoms with Gasteiger partial charge in [-0.25, -0.2) is 4.79 Å². The lowest BCUT2D eigenvalue weighted by Gasteiger charge is -2.36. The van der Waals surface area contributed by atoms with Gasteiger partial charge in [0.1, 0.15) is 5.01 Å². The molecule has 214 valence electrons. The molecule has 1 fully saturated rings. The van der Waals surface area contributed by atoms with Crippen LogP contribution in [0.2, 0.25) is 0 Å². The molecule has 2 heterocycles. The Kier molecular flexibility index (Phi) is 10.0. The number of carbonyl (C=O) groups excluding carboxylic acids is 1. The van der Waals surface area contributed by atoms with Crippen LogP contribution in [0.1, 0.15) is 53.0 Å². The first-order valence-electron chi connectivity index (χ1n) is 13.6. The standard InChI is InChI=1S/C31H34N4O4S2/c1-3-32-30(37)33-17-22-6-4-7-24(14-22)25-8-5-9-26(15-25)29-38-27(19-40-31-35-34-20(2)41-31)16-28(39-29)23-12-10-21(18-36)11-13-23/h4-15,27-29,36H,3,16-19H2,1-2H3,(H2,32,33,37). The smallest absolute Gasteiger partial charge is 0.315 e. The van der Waals surface area contributed by atoms with Gasteiger partial charge in [0, 0.05) is 30.8 Å². The molecule has 3 unspecified atom stereocenters.